The lowest BCUT2D eigenvalue weighted by molar-refractivity contribution is -0.137. The smallest absolute Gasteiger partial charge is 0.416 e. The molecule has 164 valence electrons. The summed E-state index contributed by atoms with van der Waals surface area (Å²) < 4.78 is 44.4. The van der Waals surface area contributed by atoms with Crippen LogP contribution in [0, 0.1) is 0 Å². The number of pyridine rings is 1. The summed E-state index contributed by atoms with van der Waals surface area (Å²) in [6.45, 7) is 1.62. The number of carbonyl (C=O) groups is 2. The summed E-state index contributed by atoms with van der Waals surface area (Å²) in [4.78, 5) is 28.7. The normalized spacial score (nSPS) is 15.2. The van der Waals surface area contributed by atoms with Crippen molar-refractivity contribution >= 4 is 34.7 Å². The Bertz CT molecular complexity index is 1200. The van der Waals surface area contributed by atoms with E-state index in [1.54, 1.807) is 25.1 Å². The van der Waals surface area contributed by atoms with E-state index in [0.29, 0.717) is 17.1 Å². The van der Waals surface area contributed by atoms with Crippen molar-refractivity contribution in [1.82, 2.24) is 4.98 Å². The minimum Gasteiger partial charge on any atom is -0.479 e. The van der Waals surface area contributed by atoms with E-state index in [2.05, 4.69) is 20.9 Å². The zero-order valence-corrected chi connectivity index (χ0v) is 16.7. The summed E-state index contributed by atoms with van der Waals surface area (Å²) in [5.41, 5.74) is 0.240. The van der Waals surface area contributed by atoms with E-state index in [1.165, 1.54) is 30.5 Å². The lowest BCUT2D eigenvalue weighted by atomic mass is 10.1. The molecule has 3 aromatic rings. The van der Waals surface area contributed by atoms with Crippen LogP contribution in [-0.4, -0.2) is 22.9 Å². The second-order valence-corrected chi connectivity index (χ2v) is 7.02. The van der Waals surface area contributed by atoms with E-state index >= 15 is 0 Å². The molecule has 2 heterocycles. The van der Waals surface area contributed by atoms with Crippen LogP contribution in [0.2, 0.25) is 0 Å². The number of rotatable bonds is 4. The van der Waals surface area contributed by atoms with Crippen molar-refractivity contribution in [1.29, 1.82) is 0 Å². The third-order valence-corrected chi connectivity index (χ3v) is 4.67. The van der Waals surface area contributed by atoms with E-state index < -0.39 is 23.8 Å². The number of carbonyl (C=O) groups excluding carboxylic acids is 2. The van der Waals surface area contributed by atoms with Crippen molar-refractivity contribution in [3.8, 4) is 5.75 Å². The first kappa shape index (κ1) is 21.2. The van der Waals surface area contributed by atoms with Crippen LogP contribution in [0.5, 0.6) is 5.75 Å². The molecule has 0 spiro atoms. The summed E-state index contributed by atoms with van der Waals surface area (Å²) in [7, 11) is 0. The van der Waals surface area contributed by atoms with Gasteiger partial charge in [-0.3, -0.25) is 9.59 Å². The summed E-state index contributed by atoms with van der Waals surface area (Å²) in [5, 5.41) is 8.15. The maximum absolute atomic E-state index is 13.0. The number of hydrogen-bond acceptors (Lipinski definition) is 5. The topological polar surface area (TPSA) is 92.3 Å². The highest BCUT2D eigenvalue weighted by Gasteiger charge is 2.30. The van der Waals surface area contributed by atoms with E-state index in [0.717, 1.165) is 12.1 Å². The number of halogens is 3. The van der Waals surface area contributed by atoms with Crippen molar-refractivity contribution in [2.75, 3.05) is 16.0 Å². The molecule has 1 unspecified atom stereocenters. The predicted molar refractivity (Wildman–Crippen MR) is 112 cm³/mol. The Labute approximate surface area is 180 Å². The first-order valence-electron chi connectivity index (χ1n) is 9.53. The summed E-state index contributed by atoms with van der Waals surface area (Å²) in [5.74, 6) is -0.277. The largest absolute Gasteiger partial charge is 0.479 e. The molecule has 2 amide bonds. The van der Waals surface area contributed by atoms with Gasteiger partial charge in [0, 0.05) is 17.6 Å². The molecular formula is C22H17F3N4O3. The van der Waals surface area contributed by atoms with Gasteiger partial charge in [-0.2, -0.15) is 13.2 Å². The lowest BCUT2D eigenvalue weighted by Crippen LogP contribution is -2.34. The second kappa shape index (κ2) is 8.22. The Morgan fingerprint density at radius 3 is 2.69 bits per heavy atom. The molecule has 0 bridgehead atoms. The van der Waals surface area contributed by atoms with Crippen LogP contribution in [0.4, 0.5) is 36.1 Å². The Balaban J connectivity index is 1.55. The SMILES string of the molecule is CC1Oc2ccc(NC(=O)c3cccnc3Nc3cccc(C(F)(F)F)c3)cc2NC1=O. The van der Waals surface area contributed by atoms with Crippen molar-refractivity contribution in [2.24, 2.45) is 0 Å². The van der Waals surface area contributed by atoms with Crippen LogP contribution in [0.25, 0.3) is 0 Å². The number of aromatic nitrogens is 1. The van der Waals surface area contributed by atoms with Gasteiger partial charge in [-0.25, -0.2) is 4.98 Å². The van der Waals surface area contributed by atoms with Gasteiger partial charge in [0.2, 0.25) is 0 Å². The molecule has 7 nitrogen and oxygen atoms in total. The second-order valence-electron chi connectivity index (χ2n) is 7.02. The molecule has 0 radical (unpaired) electrons. The van der Waals surface area contributed by atoms with Gasteiger partial charge in [0.15, 0.2) is 6.10 Å². The Morgan fingerprint density at radius 1 is 1.09 bits per heavy atom. The number of benzene rings is 2. The fraction of sp³-hybridized carbons (Fsp3) is 0.136. The van der Waals surface area contributed by atoms with Crippen LogP contribution < -0.4 is 20.7 Å². The highest BCUT2D eigenvalue weighted by atomic mass is 19.4. The molecule has 10 heteroatoms. The molecule has 0 aliphatic carbocycles. The lowest BCUT2D eigenvalue weighted by Gasteiger charge is -2.23. The van der Waals surface area contributed by atoms with Gasteiger partial charge >= 0.3 is 6.18 Å². The van der Waals surface area contributed by atoms with Crippen LogP contribution >= 0.6 is 0 Å². The van der Waals surface area contributed by atoms with Crippen LogP contribution in [0.1, 0.15) is 22.8 Å². The molecule has 1 aromatic heterocycles. The van der Waals surface area contributed by atoms with Gasteiger partial charge in [0.1, 0.15) is 11.6 Å². The van der Waals surface area contributed by atoms with E-state index in [9.17, 15) is 22.8 Å². The van der Waals surface area contributed by atoms with Gasteiger partial charge < -0.3 is 20.7 Å². The predicted octanol–water partition coefficient (Wildman–Crippen LogP) is 4.82. The Hall–Kier alpha value is -4.08. The fourth-order valence-electron chi connectivity index (χ4n) is 3.08. The van der Waals surface area contributed by atoms with Gasteiger partial charge in [0.05, 0.1) is 16.8 Å². The minimum absolute atomic E-state index is 0.0905. The third kappa shape index (κ3) is 4.48. The van der Waals surface area contributed by atoms with Gasteiger partial charge in [-0.05, 0) is 55.5 Å². The Morgan fingerprint density at radius 2 is 1.91 bits per heavy atom. The van der Waals surface area contributed by atoms with Gasteiger partial charge in [0.25, 0.3) is 11.8 Å². The van der Waals surface area contributed by atoms with Crippen molar-refractivity contribution < 1.29 is 27.5 Å². The number of hydrogen-bond donors (Lipinski definition) is 3. The maximum atomic E-state index is 13.0. The number of anilines is 4. The van der Waals surface area contributed by atoms with E-state index in [1.807, 2.05) is 0 Å². The molecule has 0 saturated carbocycles. The molecule has 1 aliphatic rings. The summed E-state index contributed by atoms with van der Waals surface area (Å²) >= 11 is 0. The van der Waals surface area contributed by atoms with Crippen molar-refractivity contribution in [2.45, 2.75) is 19.2 Å². The highest BCUT2D eigenvalue weighted by Crippen LogP contribution is 2.33. The number of nitrogens with one attached hydrogen (secondary N) is 3. The molecule has 32 heavy (non-hydrogen) atoms. The molecular weight excluding hydrogens is 425 g/mol. The molecule has 4 rings (SSSR count). The van der Waals surface area contributed by atoms with Crippen molar-refractivity contribution in [3.05, 3.63) is 71.9 Å². The molecule has 0 fully saturated rings. The Kier molecular flexibility index (Phi) is 5.43. The van der Waals surface area contributed by atoms with Crippen LogP contribution in [-0.2, 0) is 11.0 Å². The van der Waals surface area contributed by atoms with Crippen LogP contribution in [0.15, 0.2) is 60.8 Å². The number of fused-ring (bicyclic) bond motifs is 1. The first-order valence-corrected chi connectivity index (χ1v) is 9.53. The summed E-state index contributed by atoms with van der Waals surface area (Å²) in [6, 6.07) is 12.4. The summed E-state index contributed by atoms with van der Waals surface area (Å²) in [6.07, 6.45) is -3.70. The third-order valence-electron chi connectivity index (χ3n) is 4.67. The monoisotopic (exact) mass is 442 g/mol. The number of amides is 2. The number of nitrogens with zero attached hydrogens (tertiary/aromatic N) is 1. The molecule has 1 atom stereocenters. The van der Waals surface area contributed by atoms with E-state index in [-0.39, 0.29) is 23.0 Å². The average Bonchev–Trinajstić information content (AvgIpc) is 2.75. The molecule has 0 saturated heterocycles. The minimum atomic E-state index is -4.49. The first-order chi connectivity index (χ1) is 15.2. The average molecular weight is 442 g/mol. The zero-order chi connectivity index (χ0) is 22.9. The number of ether oxygens (including phenoxy) is 1. The van der Waals surface area contributed by atoms with Gasteiger partial charge in [-0.15, -0.1) is 0 Å². The molecule has 3 N–H and O–H groups in total. The van der Waals surface area contributed by atoms with Crippen molar-refractivity contribution in [3.63, 3.8) is 0 Å². The quantitative estimate of drug-likeness (QED) is 0.539. The molecule has 2 aromatic carbocycles. The number of alkyl halides is 3. The zero-order valence-electron chi connectivity index (χ0n) is 16.7. The standard InChI is InChI=1S/C22H17F3N4O3/c1-12-20(30)29-17-11-15(7-8-18(17)32-12)28-21(31)16-6-3-9-26-19(16)27-14-5-2-4-13(10-14)22(23,24)25/h2-12H,1H3,(H,26,27)(H,28,31)(H,29,30). The van der Waals surface area contributed by atoms with Gasteiger partial charge in [-0.1, -0.05) is 6.07 Å². The fourth-order valence-corrected chi connectivity index (χ4v) is 3.08. The maximum Gasteiger partial charge on any atom is 0.416 e. The van der Waals surface area contributed by atoms with Crippen LogP contribution in [0.3, 0.4) is 0 Å². The molecule has 1 aliphatic heterocycles. The highest BCUT2D eigenvalue weighted by molar-refractivity contribution is 6.08. The van der Waals surface area contributed by atoms with E-state index in [4.69, 9.17) is 4.74 Å².